The summed E-state index contributed by atoms with van der Waals surface area (Å²) in [5.74, 6) is 0.580. The monoisotopic (exact) mass is 223 g/mol. The largest absolute Gasteiger partial charge is 0.480 e. The summed E-state index contributed by atoms with van der Waals surface area (Å²) in [7, 11) is 1.36. The molecule has 7 nitrogen and oxygen atoms in total. The van der Waals surface area contributed by atoms with E-state index in [0.29, 0.717) is 5.75 Å². The van der Waals surface area contributed by atoms with Gasteiger partial charge in [0.25, 0.3) is 5.91 Å². The van der Waals surface area contributed by atoms with Crippen LogP contribution < -0.4 is 15.0 Å². The van der Waals surface area contributed by atoms with Crippen molar-refractivity contribution in [1.82, 2.24) is 4.98 Å². The first-order valence-corrected chi connectivity index (χ1v) is 4.48. The smallest absolute Gasteiger partial charge is 0.412 e. The highest BCUT2D eigenvalue weighted by molar-refractivity contribution is 5.94. The number of ether oxygens (including phenoxy) is 1. The van der Waals surface area contributed by atoms with Crippen LogP contribution in [-0.2, 0) is 4.79 Å². The average molecular weight is 223 g/mol. The molecule has 84 valence electrons. The summed E-state index contributed by atoms with van der Waals surface area (Å²) in [6, 6.07) is 3.07. The molecule has 0 atom stereocenters. The Labute approximate surface area is 90.6 Å². The molecular formula is C9H9N3O4. The van der Waals surface area contributed by atoms with Gasteiger partial charge >= 0.3 is 6.09 Å². The van der Waals surface area contributed by atoms with Crippen LogP contribution in [0.5, 0.6) is 5.75 Å². The first-order valence-electron chi connectivity index (χ1n) is 4.48. The van der Waals surface area contributed by atoms with E-state index in [1.165, 1.54) is 13.1 Å². The zero-order chi connectivity index (χ0) is 11.7. The molecule has 1 aliphatic heterocycles. The summed E-state index contributed by atoms with van der Waals surface area (Å²) >= 11 is 0. The maximum atomic E-state index is 11.0. The number of carbonyl (C=O) groups is 2. The van der Waals surface area contributed by atoms with Crippen LogP contribution in [-0.4, -0.2) is 35.7 Å². The third-order valence-electron chi connectivity index (χ3n) is 2.09. The normalized spacial score (nSPS) is 13.4. The minimum atomic E-state index is -1.13. The highest BCUT2D eigenvalue weighted by Gasteiger charge is 2.19. The van der Waals surface area contributed by atoms with E-state index in [1.54, 1.807) is 6.07 Å². The fraction of sp³-hybridized carbons (Fsp3) is 0.222. The predicted molar refractivity (Wildman–Crippen MR) is 54.8 cm³/mol. The van der Waals surface area contributed by atoms with Crippen LogP contribution in [0.1, 0.15) is 0 Å². The first-order chi connectivity index (χ1) is 7.58. The minimum Gasteiger partial charge on any atom is -0.480 e. The molecule has 2 amide bonds. The molecule has 1 aromatic heterocycles. The molecule has 2 rings (SSSR count). The van der Waals surface area contributed by atoms with Gasteiger partial charge in [0.1, 0.15) is 5.82 Å². The third-order valence-corrected chi connectivity index (χ3v) is 2.09. The van der Waals surface area contributed by atoms with Crippen molar-refractivity contribution in [1.29, 1.82) is 0 Å². The average Bonchev–Trinajstić information content (AvgIpc) is 2.26. The molecule has 0 aliphatic carbocycles. The molecule has 0 bridgehead atoms. The van der Waals surface area contributed by atoms with Crippen molar-refractivity contribution in [2.24, 2.45) is 0 Å². The van der Waals surface area contributed by atoms with E-state index in [2.05, 4.69) is 10.3 Å². The SMILES string of the molecule is CN(C(=O)O)c1ccc2c(n1)NC(=O)CO2. The molecule has 1 aromatic rings. The van der Waals surface area contributed by atoms with Crippen molar-refractivity contribution in [3.8, 4) is 5.75 Å². The number of hydrogen-bond acceptors (Lipinski definition) is 4. The lowest BCUT2D eigenvalue weighted by Crippen LogP contribution is -2.28. The topological polar surface area (TPSA) is 91.8 Å². The molecule has 1 aliphatic rings. The molecule has 0 radical (unpaired) electrons. The van der Waals surface area contributed by atoms with Crippen LogP contribution >= 0.6 is 0 Å². The van der Waals surface area contributed by atoms with E-state index in [1.807, 2.05) is 0 Å². The maximum absolute atomic E-state index is 11.0. The Morgan fingerprint density at radius 1 is 1.62 bits per heavy atom. The number of carbonyl (C=O) groups excluding carboxylic acids is 1. The molecular weight excluding hydrogens is 214 g/mol. The highest BCUT2D eigenvalue weighted by atomic mass is 16.5. The Balaban J connectivity index is 2.34. The lowest BCUT2D eigenvalue weighted by Gasteiger charge is -2.19. The molecule has 0 saturated heterocycles. The number of fused-ring (bicyclic) bond motifs is 1. The van der Waals surface area contributed by atoms with Gasteiger partial charge in [-0.15, -0.1) is 0 Å². The molecule has 0 spiro atoms. The van der Waals surface area contributed by atoms with Crippen LogP contribution in [0.2, 0.25) is 0 Å². The van der Waals surface area contributed by atoms with Crippen LogP contribution in [0.25, 0.3) is 0 Å². The Hall–Kier alpha value is -2.31. The van der Waals surface area contributed by atoms with Crippen molar-refractivity contribution < 1.29 is 19.4 Å². The van der Waals surface area contributed by atoms with Crippen LogP contribution in [0.15, 0.2) is 12.1 Å². The van der Waals surface area contributed by atoms with Gasteiger partial charge in [0.15, 0.2) is 18.2 Å². The number of nitrogens with one attached hydrogen (secondary N) is 1. The second-order valence-corrected chi connectivity index (χ2v) is 3.19. The molecule has 7 heteroatoms. The van der Waals surface area contributed by atoms with Crippen LogP contribution in [0, 0.1) is 0 Å². The van der Waals surface area contributed by atoms with Crippen molar-refractivity contribution in [2.75, 3.05) is 23.9 Å². The number of amides is 2. The molecule has 2 heterocycles. The summed E-state index contributed by atoms with van der Waals surface area (Å²) in [6.07, 6.45) is -1.13. The first kappa shape index (κ1) is 10.2. The Kier molecular flexibility index (Phi) is 2.35. The number of aromatic nitrogens is 1. The van der Waals surface area contributed by atoms with Crippen LogP contribution in [0.3, 0.4) is 0 Å². The molecule has 0 unspecified atom stereocenters. The molecule has 0 saturated carbocycles. The lowest BCUT2D eigenvalue weighted by molar-refractivity contribution is -0.118. The molecule has 0 fully saturated rings. The zero-order valence-electron chi connectivity index (χ0n) is 8.43. The minimum absolute atomic E-state index is 0.0528. The lowest BCUT2D eigenvalue weighted by atomic mass is 10.3. The van der Waals surface area contributed by atoms with Gasteiger partial charge in [-0.3, -0.25) is 9.69 Å². The number of nitrogens with zero attached hydrogens (tertiary/aromatic N) is 2. The van der Waals surface area contributed by atoms with Gasteiger partial charge in [-0.05, 0) is 12.1 Å². The van der Waals surface area contributed by atoms with Gasteiger partial charge < -0.3 is 15.2 Å². The van der Waals surface area contributed by atoms with E-state index in [9.17, 15) is 9.59 Å². The van der Waals surface area contributed by atoms with Gasteiger partial charge in [0, 0.05) is 7.05 Å². The second kappa shape index (κ2) is 3.69. The fourth-order valence-electron chi connectivity index (χ4n) is 1.24. The molecule has 2 N–H and O–H groups in total. The van der Waals surface area contributed by atoms with E-state index in [0.717, 1.165) is 4.90 Å². The quantitative estimate of drug-likeness (QED) is 0.724. The number of carboxylic acid groups (broad SMARTS) is 1. The zero-order valence-corrected chi connectivity index (χ0v) is 8.43. The number of rotatable bonds is 1. The predicted octanol–water partition coefficient (Wildman–Crippen LogP) is 0.527. The molecule has 0 aromatic carbocycles. The van der Waals surface area contributed by atoms with Crippen molar-refractivity contribution in [3.05, 3.63) is 12.1 Å². The van der Waals surface area contributed by atoms with Crippen molar-refractivity contribution in [3.63, 3.8) is 0 Å². The summed E-state index contributed by atoms with van der Waals surface area (Å²) in [5.41, 5.74) is 0. The van der Waals surface area contributed by atoms with Gasteiger partial charge in [-0.1, -0.05) is 0 Å². The van der Waals surface area contributed by atoms with Gasteiger partial charge in [-0.2, -0.15) is 0 Å². The number of anilines is 2. The Morgan fingerprint density at radius 2 is 2.38 bits per heavy atom. The Morgan fingerprint density at radius 3 is 3.06 bits per heavy atom. The standard InChI is InChI=1S/C9H9N3O4/c1-12(9(14)15)6-3-2-5-8(10-6)11-7(13)4-16-5/h2-3H,4H2,1H3,(H,14,15)(H,10,11,13). The summed E-state index contributed by atoms with van der Waals surface area (Å²) < 4.78 is 5.09. The number of hydrogen-bond donors (Lipinski definition) is 2. The summed E-state index contributed by atoms with van der Waals surface area (Å²) in [6.45, 7) is -0.0528. The molecule has 16 heavy (non-hydrogen) atoms. The van der Waals surface area contributed by atoms with Gasteiger partial charge in [0.05, 0.1) is 0 Å². The highest BCUT2D eigenvalue weighted by Crippen LogP contribution is 2.27. The third kappa shape index (κ3) is 1.74. The Bertz CT molecular complexity index is 460. The van der Waals surface area contributed by atoms with E-state index in [-0.39, 0.29) is 24.1 Å². The van der Waals surface area contributed by atoms with Crippen LogP contribution in [0.4, 0.5) is 16.4 Å². The van der Waals surface area contributed by atoms with E-state index < -0.39 is 6.09 Å². The van der Waals surface area contributed by atoms with Crippen molar-refractivity contribution >= 4 is 23.6 Å². The number of pyridine rings is 1. The fourth-order valence-corrected chi connectivity index (χ4v) is 1.24. The summed E-state index contributed by atoms with van der Waals surface area (Å²) in [4.78, 5) is 26.7. The van der Waals surface area contributed by atoms with E-state index >= 15 is 0 Å². The summed E-state index contributed by atoms with van der Waals surface area (Å²) in [5, 5.41) is 11.3. The van der Waals surface area contributed by atoms with Gasteiger partial charge in [0.2, 0.25) is 0 Å². The maximum Gasteiger partial charge on any atom is 0.412 e. The van der Waals surface area contributed by atoms with Gasteiger partial charge in [-0.25, -0.2) is 9.78 Å². The van der Waals surface area contributed by atoms with E-state index in [4.69, 9.17) is 9.84 Å². The second-order valence-electron chi connectivity index (χ2n) is 3.19. The van der Waals surface area contributed by atoms with Crippen molar-refractivity contribution in [2.45, 2.75) is 0 Å².